The van der Waals surface area contributed by atoms with Gasteiger partial charge in [0.1, 0.15) is 5.60 Å². The van der Waals surface area contributed by atoms with Crippen LogP contribution in [0.1, 0.15) is 34.1 Å². The maximum Gasteiger partial charge on any atom is 0.407 e. The number of ether oxygens (including phenoxy) is 1. The lowest BCUT2D eigenvalue weighted by molar-refractivity contribution is 0.0523. The van der Waals surface area contributed by atoms with Gasteiger partial charge in [0.15, 0.2) is 0 Å². The lowest BCUT2D eigenvalue weighted by atomic mass is 10.2. The van der Waals surface area contributed by atoms with E-state index in [9.17, 15) is 4.79 Å². The third kappa shape index (κ3) is 9.73. The fourth-order valence-electron chi connectivity index (χ4n) is 1.07. The number of alkyl carbamates (subject to hydrolysis) is 1. The largest absolute Gasteiger partial charge is 0.444 e. The molecule has 0 spiro atoms. The molecule has 0 aliphatic heterocycles. The molecule has 0 radical (unpaired) electrons. The molecule has 0 saturated carbocycles. The van der Waals surface area contributed by atoms with Crippen molar-refractivity contribution in [3.8, 4) is 0 Å². The maximum atomic E-state index is 11.3. The molecule has 1 atom stereocenters. The molecular formula is C11H25N3O2. The molecule has 1 unspecified atom stereocenters. The van der Waals surface area contributed by atoms with Gasteiger partial charge in [-0.1, -0.05) is 0 Å². The lowest BCUT2D eigenvalue weighted by Gasteiger charge is -2.21. The van der Waals surface area contributed by atoms with Gasteiger partial charge in [-0.2, -0.15) is 0 Å². The predicted molar refractivity (Wildman–Crippen MR) is 65.4 cm³/mol. The summed E-state index contributed by atoms with van der Waals surface area (Å²) in [5.41, 5.74) is 4.93. The molecule has 0 aromatic heterocycles. The summed E-state index contributed by atoms with van der Waals surface area (Å²) in [6.07, 6.45) is 0.566. The average Bonchev–Trinajstić information content (AvgIpc) is 2.12. The van der Waals surface area contributed by atoms with Gasteiger partial charge in [0, 0.05) is 12.6 Å². The third-order valence-corrected chi connectivity index (χ3v) is 1.83. The van der Waals surface area contributed by atoms with Crippen molar-refractivity contribution in [1.29, 1.82) is 0 Å². The first-order chi connectivity index (χ1) is 7.35. The Kier molecular flexibility index (Phi) is 7.08. The van der Waals surface area contributed by atoms with E-state index in [1.807, 2.05) is 27.7 Å². The van der Waals surface area contributed by atoms with Gasteiger partial charge in [0.05, 0.1) is 0 Å². The zero-order chi connectivity index (χ0) is 12.6. The summed E-state index contributed by atoms with van der Waals surface area (Å²) in [7, 11) is 0. The van der Waals surface area contributed by atoms with Crippen LogP contribution in [0.5, 0.6) is 0 Å². The van der Waals surface area contributed by atoms with E-state index >= 15 is 0 Å². The summed E-state index contributed by atoms with van der Waals surface area (Å²) < 4.78 is 5.12. The smallest absolute Gasteiger partial charge is 0.407 e. The van der Waals surface area contributed by atoms with E-state index in [0.29, 0.717) is 13.1 Å². The zero-order valence-corrected chi connectivity index (χ0v) is 10.8. The summed E-state index contributed by atoms with van der Waals surface area (Å²) in [4.78, 5) is 11.3. The van der Waals surface area contributed by atoms with E-state index in [0.717, 1.165) is 13.0 Å². The lowest BCUT2D eigenvalue weighted by Crippen LogP contribution is -2.41. The Bertz CT molecular complexity index is 202. The van der Waals surface area contributed by atoms with Crippen LogP contribution in [0.15, 0.2) is 0 Å². The SMILES string of the molecule is CC(CNC(=O)OC(C)(C)C)NCCCN. The molecule has 16 heavy (non-hydrogen) atoms. The molecule has 0 saturated heterocycles. The Labute approximate surface area is 98.1 Å². The molecule has 96 valence electrons. The molecule has 5 nitrogen and oxygen atoms in total. The molecule has 5 heteroatoms. The van der Waals surface area contributed by atoms with Crippen LogP contribution in [0.2, 0.25) is 0 Å². The standard InChI is InChI=1S/C11H25N3O2/c1-9(13-7-5-6-12)8-14-10(15)16-11(2,3)4/h9,13H,5-8,12H2,1-4H3,(H,14,15). The van der Waals surface area contributed by atoms with E-state index < -0.39 is 5.60 Å². The van der Waals surface area contributed by atoms with Gasteiger partial charge in [0.2, 0.25) is 0 Å². The Balaban J connectivity index is 3.59. The van der Waals surface area contributed by atoms with Gasteiger partial charge in [-0.25, -0.2) is 4.79 Å². The minimum atomic E-state index is -0.444. The number of hydrogen-bond donors (Lipinski definition) is 3. The first-order valence-corrected chi connectivity index (χ1v) is 5.75. The van der Waals surface area contributed by atoms with E-state index in [1.54, 1.807) is 0 Å². The highest BCUT2D eigenvalue weighted by Crippen LogP contribution is 2.06. The first kappa shape index (κ1) is 15.2. The fourth-order valence-corrected chi connectivity index (χ4v) is 1.07. The molecule has 0 bridgehead atoms. The van der Waals surface area contributed by atoms with Crippen LogP contribution < -0.4 is 16.4 Å². The van der Waals surface area contributed by atoms with Gasteiger partial charge in [-0.15, -0.1) is 0 Å². The molecule has 0 rings (SSSR count). The number of rotatable bonds is 6. The van der Waals surface area contributed by atoms with Crippen LogP contribution >= 0.6 is 0 Å². The molecule has 0 aromatic rings. The van der Waals surface area contributed by atoms with Crippen molar-refractivity contribution < 1.29 is 9.53 Å². The molecule has 0 aliphatic rings. The van der Waals surface area contributed by atoms with Gasteiger partial charge in [0.25, 0.3) is 0 Å². The summed E-state index contributed by atoms with van der Waals surface area (Å²) in [6.45, 7) is 9.64. The molecule has 0 aliphatic carbocycles. The Morgan fingerprint density at radius 2 is 2.06 bits per heavy atom. The number of hydrogen-bond acceptors (Lipinski definition) is 4. The quantitative estimate of drug-likeness (QED) is 0.592. The second-order valence-corrected chi connectivity index (χ2v) is 4.88. The first-order valence-electron chi connectivity index (χ1n) is 5.75. The van der Waals surface area contributed by atoms with Crippen LogP contribution in [-0.4, -0.2) is 37.4 Å². The van der Waals surface area contributed by atoms with Crippen molar-refractivity contribution in [1.82, 2.24) is 10.6 Å². The van der Waals surface area contributed by atoms with Crippen molar-refractivity contribution in [2.45, 2.75) is 45.8 Å². The van der Waals surface area contributed by atoms with E-state index in [-0.39, 0.29) is 12.1 Å². The Morgan fingerprint density at radius 1 is 1.44 bits per heavy atom. The highest BCUT2D eigenvalue weighted by Gasteiger charge is 2.16. The zero-order valence-electron chi connectivity index (χ0n) is 10.8. The highest BCUT2D eigenvalue weighted by molar-refractivity contribution is 5.67. The van der Waals surface area contributed by atoms with Crippen LogP contribution in [-0.2, 0) is 4.74 Å². The van der Waals surface area contributed by atoms with Crippen molar-refractivity contribution in [3.63, 3.8) is 0 Å². The van der Waals surface area contributed by atoms with E-state index in [1.165, 1.54) is 0 Å². The second-order valence-electron chi connectivity index (χ2n) is 4.88. The van der Waals surface area contributed by atoms with E-state index in [4.69, 9.17) is 10.5 Å². The van der Waals surface area contributed by atoms with Gasteiger partial charge in [-0.05, 0) is 47.2 Å². The van der Waals surface area contributed by atoms with Crippen molar-refractivity contribution >= 4 is 6.09 Å². The topological polar surface area (TPSA) is 76.4 Å². The molecule has 0 aromatic carbocycles. The number of carbonyl (C=O) groups is 1. The Hall–Kier alpha value is -0.810. The summed E-state index contributed by atoms with van der Waals surface area (Å²) >= 11 is 0. The van der Waals surface area contributed by atoms with Crippen LogP contribution in [0.25, 0.3) is 0 Å². The molecule has 0 fully saturated rings. The van der Waals surface area contributed by atoms with Crippen LogP contribution in [0.3, 0.4) is 0 Å². The third-order valence-electron chi connectivity index (χ3n) is 1.83. The molecular weight excluding hydrogens is 206 g/mol. The maximum absolute atomic E-state index is 11.3. The fraction of sp³-hybridized carbons (Fsp3) is 0.909. The van der Waals surface area contributed by atoms with Gasteiger partial charge < -0.3 is 21.1 Å². The number of carbonyl (C=O) groups excluding carboxylic acids is 1. The minimum Gasteiger partial charge on any atom is -0.444 e. The van der Waals surface area contributed by atoms with Crippen molar-refractivity contribution in [2.24, 2.45) is 5.73 Å². The minimum absolute atomic E-state index is 0.221. The normalized spacial score (nSPS) is 13.3. The predicted octanol–water partition coefficient (Wildman–Crippen LogP) is 0.838. The average molecular weight is 231 g/mol. The highest BCUT2D eigenvalue weighted by atomic mass is 16.6. The van der Waals surface area contributed by atoms with Gasteiger partial charge >= 0.3 is 6.09 Å². The van der Waals surface area contributed by atoms with Gasteiger partial charge in [-0.3, -0.25) is 0 Å². The van der Waals surface area contributed by atoms with Crippen molar-refractivity contribution in [3.05, 3.63) is 0 Å². The van der Waals surface area contributed by atoms with Crippen LogP contribution in [0, 0.1) is 0 Å². The molecule has 4 N–H and O–H groups in total. The second kappa shape index (κ2) is 7.46. The Morgan fingerprint density at radius 3 is 2.56 bits per heavy atom. The molecule has 1 amide bonds. The van der Waals surface area contributed by atoms with Crippen LogP contribution in [0.4, 0.5) is 4.79 Å². The summed E-state index contributed by atoms with van der Waals surface area (Å²) in [5.74, 6) is 0. The molecule has 0 heterocycles. The number of nitrogens with one attached hydrogen (secondary N) is 2. The number of amides is 1. The number of nitrogens with two attached hydrogens (primary N) is 1. The van der Waals surface area contributed by atoms with E-state index in [2.05, 4.69) is 10.6 Å². The summed E-state index contributed by atoms with van der Waals surface area (Å²) in [6, 6.07) is 0.221. The monoisotopic (exact) mass is 231 g/mol. The summed E-state index contributed by atoms with van der Waals surface area (Å²) in [5, 5.41) is 5.96. The van der Waals surface area contributed by atoms with Crippen molar-refractivity contribution in [2.75, 3.05) is 19.6 Å².